The minimum absolute atomic E-state index is 0.380. The van der Waals surface area contributed by atoms with Crippen molar-refractivity contribution >= 4 is 11.2 Å². The molecule has 3 rings (SSSR count). The van der Waals surface area contributed by atoms with Crippen molar-refractivity contribution in [3.8, 4) is 0 Å². The molecule has 108 valence electrons. The molecule has 20 heavy (non-hydrogen) atoms. The molecule has 0 bridgehead atoms. The summed E-state index contributed by atoms with van der Waals surface area (Å²) in [6, 6.07) is 0. The van der Waals surface area contributed by atoms with Gasteiger partial charge in [-0.3, -0.25) is 4.57 Å². The third kappa shape index (κ3) is 1.73. The number of fused-ring (bicyclic) bond motifs is 1. The molecule has 8 heteroatoms. The van der Waals surface area contributed by atoms with Gasteiger partial charge in [0.2, 0.25) is 0 Å². The normalized spacial score (nSPS) is 34.0. The van der Waals surface area contributed by atoms with Crippen molar-refractivity contribution in [3.05, 3.63) is 18.3 Å². The Labute approximate surface area is 114 Å². The van der Waals surface area contributed by atoms with Crippen LogP contribution in [-0.4, -0.2) is 59.3 Å². The number of hydrogen-bond donors (Lipinski definition) is 3. The van der Waals surface area contributed by atoms with E-state index in [4.69, 9.17) is 4.74 Å². The lowest BCUT2D eigenvalue weighted by Gasteiger charge is -2.27. The summed E-state index contributed by atoms with van der Waals surface area (Å²) in [4.78, 5) is 12.4. The van der Waals surface area contributed by atoms with Gasteiger partial charge >= 0.3 is 0 Å². The van der Waals surface area contributed by atoms with Gasteiger partial charge in [0.15, 0.2) is 11.9 Å². The smallest absolute Gasteiger partial charge is 0.168 e. The first-order chi connectivity index (χ1) is 9.46. The Morgan fingerprint density at radius 3 is 2.80 bits per heavy atom. The Kier molecular flexibility index (Phi) is 2.98. The van der Waals surface area contributed by atoms with Gasteiger partial charge in [0, 0.05) is 0 Å². The van der Waals surface area contributed by atoms with Gasteiger partial charge in [-0.05, 0) is 13.8 Å². The van der Waals surface area contributed by atoms with Crippen LogP contribution >= 0.6 is 0 Å². The fourth-order valence-electron chi connectivity index (χ4n) is 2.53. The molecule has 3 N–H and O–H groups in total. The molecule has 3 heterocycles. The van der Waals surface area contributed by atoms with Crippen molar-refractivity contribution in [1.29, 1.82) is 0 Å². The Hall–Kier alpha value is -1.61. The second-order valence-corrected chi connectivity index (χ2v) is 5.16. The Morgan fingerprint density at radius 2 is 2.15 bits per heavy atom. The lowest BCUT2D eigenvalue weighted by Crippen LogP contribution is -2.44. The third-order valence-corrected chi connectivity index (χ3v) is 3.73. The number of aromatic nitrogens is 4. The minimum Gasteiger partial charge on any atom is -0.394 e. The highest BCUT2D eigenvalue weighted by Gasteiger charge is 2.53. The van der Waals surface area contributed by atoms with Crippen LogP contribution in [-0.2, 0) is 4.74 Å². The maximum absolute atomic E-state index is 10.4. The average molecular weight is 280 g/mol. The van der Waals surface area contributed by atoms with Crippen molar-refractivity contribution in [2.45, 2.75) is 37.9 Å². The molecule has 1 aliphatic heterocycles. The number of aryl methyl sites for hydroxylation is 1. The molecule has 1 fully saturated rings. The first kappa shape index (κ1) is 13.4. The highest BCUT2D eigenvalue weighted by atomic mass is 16.6. The van der Waals surface area contributed by atoms with Crippen LogP contribution in [0.2, 0.25) is 0 Å². The van der Waals surface area contributed by atoms with Crippen molar-refractivity contribution in [1.82, 2.24) is 19.5 Å². The summed E-state index contributed by atoms with van der Waals surface area (Å²) in [5.74, 6) is 0. The van der Waals surface area contributed by atoms with Crippen LogP contribution in [0, 0.1) is 6.92 Å². The van der Waals surface area contributed by atoms with E-state index in [0.29, 0.717) is 16.9 Å². The number of aliphatic hydroxyl groups excluding tert-OH is 2. The van der Waals surface area contributed by atoms with Crippen molar-refractivity contribution < 1.29 is 20.1 Å². The molecule has 1 aliphatic rings. The molecular formula is C12H16N4O4. The van der Waals surface area contributed by atoms with E-state index in [1.807, 2.05) is 0 Å². The topological polar surface area (TPSA) is 114 Å². The minimum atomic E-state index is -1.56. The van der Waals surface area contributed by atoms with Gasteiger partial charge in [0.05, 0.1) is 18.6 Å². The van der Waals surface area contributed by atoms with Crippen LogP contribution < -0.4 is 0 Å². The van der Waals surface area contributed by atoms with Crippen molar-refractivity contribution in [3.63, 3.8) is 0 Å². The molecule has 8 nitrogen and oxygen atoms in total. The van der Waals surface area contributed by atoms with E-state index in [9.17, 15) is 15.3 Å². The van der Waals surface area contributed by atoms with Gasteiger partial charge in [-0.1, -0.05) is 0 Å². The predicted octanol–water partition coefficient (Wildman–Crippen LogP) is -0.864. The van der Waals surface area contributed by atoms with Gasteiger partial charge in [0.1, 0.15) is 29.7 Å². The molecule has 0 amide bonds. The monoisotopic (exact) mass is 280 g/mol. The van der Waals surface area contributed by atoms with Crippen LogP contribution in [0.15, 0.2) is 12.7 Å². The molecule has 1 unspecified atom stereocenters. The Morgan fingerprint density at radius 1 is 1.40 bits per heavy atom. The quantitative estimate of drug-likeness (QED) is 0.655. The predicted molar refractivity (Wildman–Crippen MR) is 67.7 cm³/mol. The molecule has 2 aromatic heterocycles. The molecule has 4 atom stereocenters. The number of hydrogen-bond acceptors (Lipinski definition) is 7. The third-order valence-electron chi connectivity index (χ3n) is 3.73. The Bertz CT molecular complexity index is 641. The molecule has 1 saturated heterocycles. The Balaban J connectivity index is 2.10. The fraction of sp³-hybridized carbons (Fsp3) is 0.583. The van der Waals surface area contributed by atoms with Crippen molar-refractivity contribution in [2.75, 3.05) is 6.61 Å². The second-order valence-electron chi connectivity index (χ2n) is 5.16. The van der Waals surface area contributed by atoms with Gasteiger partial charge < -0.3 is 20.1 Å². The first-order valence-electron chi connectivity index (χ1n) is 6.27. The zero-order valence-corrected chi connectivity index (χ0v) is 11.1. The zero-order chi connectivity index (χ0) is 14.5. The fourth-order valence-corrected chi connectivity index (χ4v) is 2.53. The largest absolute Gasteiger partial charge is 0.394 e. The summed E-state index contributed by atoms with van der Waals surface area (Å²) in [5.41, 5.74) is 0.271. The summed E-state index contributed by atoms with van der Waals surface area (Å²) in [7, 11) is 0. The lowest BCUT2D eigenvalue weighted by molar-refractivity contribution is -0.0950. The summed E-state index contributed by atoms with van der Waals surface area (Å²) in [5, 5.41) is 29.7. The second kappa shape index (κ2) is 4.45. The molecule has 2 aromatic rings. The van der Waals surface area contributed by atoms with Crippen LogP contribution in [0.25, 0.3) is 11.2 Å². The molecular weight excluding hydrogens is 264 g/mol. The summed E-state index contributed by atoms with van der Waals surface area (Å²) < 4.78 is 7.09. The van der Waals surface area contributed by atoms with E-state index in [1.54, 1.807) is 11.5 Å². The van der Waals surface area contributed by atoms with Crippen LogP contribution in [0.1, 0.15) is 18.8 Å². The highest BCUT2D eigenvalue weighted by Crippen LogP contribution is 2.39. The van der Waals surface area contributed by atoms with E-state index >= 15 is 0 Å². The zero-order valence-electron chi connectivity index (χ0n) is 11.1. The average Bonchev–Trinajstić information content (AvgIpc) is 2.92. The van der Waals surface area contributed by atoms with E-state index < -0.39 is 24.0 Å². The summed E-state index contributed by atoms with van der Waals surface area (Å²) in [6.07, 6.45) is -0.0422. The van der Waals surface area contributed by atoms with Gasteiger partial charge in [-0.2, -0.15) is 0 Å². The molecule has 0 aromatic carbocycles. The van der Waals surface area contributed by atoms with E-state index in [-0.39, 0.29) is 6.61 Å². The van der Waals surface area contributed by atoms with Crippen LogP contribution in [0.3, 0.4) is 0 Å². The maximum atomic E-state index is 10.4. The summed E-state index contributed by atoms with van der Waals surface area (Å²) in [6.45, 7) is 2.88. The number of aliphatic hydroxyl groups is 3. The molecule has 0 spiro atoms. The van der Waals surface area contributed by atoms with E-state index in [0.717, 1.165) is 0 Å². The standard InChI is InChI=1S/C12H16N4O4/c1-6-8-10(14-4-13-6)16(5-15-8)11-12(2,19)9(18)7(3-17)20-11/h4-5,7,9,11,17-19H,3H2,1-2H3/t7-,9-,11?,12-/m1/s1. The van der Waals surface area contributed by atoms with Gasteiger partial charge in [-0.15, -0.1) is 0 Å². The number of imidazole rings is 1. The first-order valence-corrected chi connectivity index (χ1v) is 6.27. The van der Waals surface area contributed by atoms with Crippen LogP contribution in [0.4, 0.5) is 0 Å². The molecule has 0 saturated carbocycles. The number of ether oxygens (including phenoxy) is 1. The van der Waals surface area contributed by atoms with Crippen LogP contribution in [0.5, 0.6) is 0 Å². The SMILES string of the molecule is Cc1ncnc2c1ncn2C1O[C@H](CO)[C@@H](O)[C@@]1(C)O. The van der Waals surface area contributed by atoms with Gasteiger partial charge in [-0.25, -0.2) is 15.0 Å². The van der Waals surface area contributed by atoms with Gasteiger partial charge in [0.25, 0.3) is 0 Å². The van der Waals surface area contributed by atoms with E-state index in [2.05, 4.69) is 15.0 Å². The number of rotatable bonds is 2. The maximum Gasteiger partial charge on any atom is 0.168 e. The van der Waals surface area contributed by atoms with E-state index in [1.165, 1.54) is 19.6 Å². The highest BCUT2D eigenvalue weighted by molar-refractivity contribution is 5.72. The number of nitrogens with zero attached hydrogens (tertiary/aromatic N) is 4. The summed E-state index contributed by atoms with van der Waals surface area (Å²) >= 11 is 0. The van der Waals surface area contributed by atoms with Crippen molar-refractivity contribution in [2.24, 2.45) is 0 Å². The lowest BCUT2D eigenvalue weighted by atomic mass is 9.96. The molecule has 0 aliphatic carbocycles. The molecule has 0 radical (unpaired) electrons.